The Hall–Kier alpha value is -2.39. The van der Waals surface area contributed by atoms with Crippen LogP contribution in [0.5, 0.6) is 0 Å². The molecule has 0 heterocycles. The number of rotatable bonds is 6. The largest absolute Gasteiger partial charge is 0.416 e. The molecule has 0 unspecified atom stereocenters. The number of hydrogen-bond acceptors (Lipinski definition) is 3. The average Bonchev–Trinajstić information content (AvgIpc) is 3.42. The minimum absolute atomic E-state index is 0.00433. The molecule has 0 bridgehead atoms. The van der Waals surface area contributed by atoms with E-state index in [1.807, 2.05) is 0 Å². The van der Waals surface area contributed by atoms with Gasteiger partial charge >= 0.3 is 6.18 Å². The van der Waals surface area contributed by atoms with Crippen molar-refractivity contribution in [2.24, 2.45) is 0 Å². The molecule has 2 N–H and O–H groups in total. The maximum atomic E-state index is 12.6. The van der Waals surface area contributed by atoms with Gasteiger partial charge in [0, 0.05) is 18.2 Å². The van der Waals surface area contributed by atoms with Crippen LogP contribution in [-0.2, 0) is 22.7 Å². The van der Waals surface area contributed by atoms with Gasteiger partial charge in [-0.3, -0.25) is 4.79 Å². The minimum atomic E-state index is -4.42. The molecule has 3 rings (SSSR count). The molecule has 0 saturated heterocycles. The maximum absolute atomic E-state index is 12.6. The first-order valence-electron chi connectivity index (χ1n) is 8.63. The summed E-state index contributed by atoms with van der Waals surface area (Å²) in [6, 6.07) is 8.71. The summed E-state index contributed by atoms with van der Waals surface area (Å²) in [6.45, 7) is 1.70. The van der Waals surface area contributed by atoms with E-state index < -0.39 is 27.7 Å². The van der Waals surface area contributed by atoms with E-state index in [9.17, 15) is 26.4 Å². The molecule has 0 aliphatic heterocycles. The van der Waals surface area contributed by atoms with Gasteiger partial charge in [0.1, 0.15) is 0 Å². The van der Waals surface area contributed by atoms with Gasteiger partial charge in [0.25, 0.3) is 5.91 Å². The topological polar surface area (TPSA) is 75.3 Å². The van der Waals surface area contributed by atoms with Gasteiger partial charge in [0.05, 0.1) is 10.5 Å². The number of benzene rings is 2. The van der Waals surface area contributed by atoms with Gasteiger partial charge in [-0.1, -0.05) is 18.2 Å². The van der Waals surface area contributed by atoms with E-state index in [2.05, 4.69) is 10.0 Å². The lowest BCUT2D eigenvalue weighted by atomic mass is 10.1. The predicted molar refractivity (Wildman–Crippen MR) is 97.1 cm³/mol. The molecule has 2 aromatic rings. The molecule has 1 saturated carbocycles. The normalized spacial score (nSPS) is 14.7. The summed E-state index contributed by atoms with van der Waals surface area (Å²) in [5.74, 6) is -0.499. The van der Waals surface area contributed by atoms with Crippen LogP contribution < -0.4 is 10.0 Å². The number of carbonyl (C=O) groups is 1. The smallest absolute Gasteiger partial charge is 0.348 e. The fraction of sp³-hybridized carbons (Fsp3) is 0.316. The molecule has 28 heavy (non-hydrogen) atoms. The Labute approximate surface area is 161 Å². The van der Waals surface area contributed by atoms with E-state index in [1.165, 1.54) is 24.3 Å². The van der Waals surface area contributed by atoms with Crippen LogP contribution in [0.2, 0.25) is 0 Å². The Morgan fingerprint density at radius 1 is 1.11 bits per heavy atom. The van der Waals surface area contributed by atoms with E-state index in [0.717, 1.165) is 25.0 Å². The fourth-order valence-corrected chi connectivity index (χ4v) is 3.92. The van der Waals surface area contributed by atoms with E-state index >= 15 is 0 Å². The van der Waals surface area contributed by atoms with E-state index in [-0.39, 0.29) is 23.0 Å². The minimum Gasteiger partial charge on any atom is -0.348 e. The molecular weight excluding hydrogens is 393 g/mol. The Morgan fingerprint density at radius 3 is 2.32 bits per heavy atom. The van der Waals surface area contributed by atoms with Crippen LogP contribution in [0, 0.1) is 6.92 Å². The fourth-order valence-electron chi connectivity index (χ4n) is 2.59. The van der Waals surface area contributed by atoms with E-state index in [1.54, 1.807) is 13.0 Å². The molecule has 1 amide bonds. The summed E-state index contributed by atoms with van der Waals surface area (Å²) in [5.41, 5.74) is 0.526. The van der Waals surface area contributed by atoms with Crippen molar-refractivity contribution in [3.8, 4) is 0 Å². The highest BCUT2D eigenvalue weighted by molar-refractivity contribution is 7.89. The molecule has 0 aromatic heterocycles. The lowest BCUT2D eigenvalue weighted by molar-refractivity contribution is -0.137. The molecule has 0 atom stereocenters. The summed E-state index contributed by atoms with van der Waals surface area (Å²) in [5, 5.41) is 2.61. The molecule has 0 radical (unpaired) electrons. The van der Waals surface area contributed by atoms with Crippen LogP contribution in [0.1, 0.15) is 39.9 Å². The molecule has 1 aliphatic carbocycles. The number of nitrogens with one attached hydrogen (secondary N) is 2. The first-order chi connectivity index (χ1) is 13.1. The number of aryl methyl sites for hydroxylation is 1. The standard InChI is InChI=1S/C19H19F3N2O3S/c1-12-2-9-16(28(26,27)24-15-7-8-15)10-17(12)18(25)23-11-13-3-5-14(6-4-13)19(20,21)22/h2-6,9-10,15,24H,7-8,11H2,1H3,(H,23,25). The number of alkyl halides is 3. The Bertz CT molecular complexity index is 982. The van der Waals surface area contributed by atoms with Crippen LogP contribution in [0.3, 0.4) is 0 Å². The van der Waals surface area contributed by atoms with Crippen molar-refractivity contribution >= 4 is 15.9 Å². The zero-order valence-electron chi connectivity index (χ0n) is 15.0. The van der Waals surface area contributed by atoms with Crippen LogP contribution in [-0.4, -0.2) is 20.4 Å². The Balaban J connectivity index is 1.71. The second kappa shape index (κ2) is 7.56. The van der Waals surface area contributed by atoms with Gasteiger partial charge in [-0.15, -0.1) is 0 Å². The lowest BCUT2D eigenvalue weighted by Gasteiger charge is -2.12. The molecular formula is C19H19F3N2O3S. The maximum Gasteiger partial charge on any atom is 0.416 e. The number of hydrogen-bond donors (Lipinski definition) is 2. The molecule has 5 nitrogen and oxygen atoms in total. The third-order valence-electron chi connectivity index (χ3n) is 4.40. The third kappa shape index (κ3) is 4.90. The van der Waals surface area contributed by atoms with Gasteiger partial charge in [-0.05, 0) is 55.2 Å². The summed E-state index contributed by atoms with van der Waals surface area (Å²) >= 11 is 0. The Morgan fingerprint density at radius 2 is 1.75 bits per heavy atom. The first-order valence-corrected chi connectivity index (χ1v) is 10.1. The number of carbonyl (C=O) groups excluding carboxylic acids is 1. The van der Waals surface area contributed by atoms with Crippen LogP contribution in [0.4, 0.5) is 13.2 Å². The summed E-state index contributed by atoms with van der Waals surface area (Å²) < 4.78 is 65.0. The molecule has 0 spiro atoms. The SMILES string of the molecule is Cc1ccc(S(=O)(=O)NC2CC2)cc1C(=O)NCc1ccc(C(F)(F)F)cc1. The van der Waals surface area contributed by atoms with E-state index in [0.29, 0.717) is 11.1 Å². The predicted octanol–water partition coefficient (Wildman–Crippen LogP) is 3.38. The van der Waals surface area contributed by atoms with Gasteiger partial charge < -0.3 is 5.32 Å². The quantitative estimate of drug-likeness (QED) is 0.764. The number of halogens is 3. The first kappa shape index (κ1) is 20.3. The summed E-state index contributed by atoms with van der Waals surface area (Å²) in [4.78, 5) is 12.5. The second-order valence-corrected chi connectivity index (χ2v) is 8.46. The van der Waals surface area contributed by atoms with Gasteiger partial charge in [0.2, 0.25) is 10.0 Å². The van der Waals surface area contributed by atoms with Gasteiger partial charge in [-0.2, -0.15) is 13.2 Å². The highest BCUT2D eigenvalue weighted by Gasteiger charge is 2.30. The monoisotopic (exact) mass is 412 g/mol. The summed E-state index contributed by atoms with van der Waals surface area (Å²) in [7, 11) is -3.69. The van der Waals surface area contributed by atoms with Crippen LogP contribution in [0.25, 0.3) is 0 Å². The second-order valence-electron chi connectivity index (χ2n) is 6.75. The van der Waals surface area contributed by atoms with Gasteiger partial charge in [0.15, 0.2) is 0 Å². The molecule has 9 heteroatoms. The molecule has 1 aliphatic rings. The zero-order chi connectivity index (χ0) is 20.5. The van der Waals surface area contributed by atoms with Crippen LogP contribution >= 0.6 is 0 Å². The summed E-state index contributed by atoms with van der Waals surface area (Å²) in [6.07, 6.45) is -2.82. The van der Waals surface area contributed by atoms with Crippen LogP contribution in [0.15, 0.2) is 47.4 Å². The van der Waals surface area contributed by atoms with Crippen molar-refractivity contribution in [3.05, 3.63) is 64.7 Å². The number of amides is 1. The number of sulfonamides is 1. The van der Waals surface area contributed by atoms with Crippen molar-refractivity contribution < 1.29 is 26.4 Å². The molecule has 150 valence electrons. The van der Waals surface area contributed by atoms with Crippen molar-refractivity contribution in [2.75, 3.05) is 0 Å². The average molecular weight is 412 g/mol. The van der Waals surface area contributed by atoms with Crippen molar-refractivity contribution in [2.45, 2.75) is 43.4 Å². The molecule has 1 fully saturated rings. The van der Waals surface area contributed by atoms with Crippen molar-refractivity contribution in [3.63, 3.8) is 0 Å². The van der Waals surface area contributed by atoms with Crippen molar-refractivity contribution in [1.82, 2.24) is 10.0 Å². The molecule has 2 aromatic carbocycles. The van der Waals surface area contributed by atoms with Gasteiger partial charge in [-0.25, -0.2) is 13.1 Å². The Kier molecular flexibility index (Phi) is 5.49. The highest BCUT2D eigenvalue weighted by atomic mass is 32.2. The van der Waals surface area contributed by atoms with Crippen molar-refractivity contribution in [1.29, 1.82) is 0 Å². The third-order valence-corrected chi connectivity index (χ3v) is 5.92. The lowest BCUT2D eigenvalue weighted by Crippen LogP contribution is -2.27. The van der Waals surface area contributed by atoms with E-state index in [4.69, 9.17) is 0 Å². The highest BCUT2D eigenvalue weighted by Crippen LogP contribution is 2.29. The zero-order valence-corrected chi connectivity index (χ0v) is 15.8.